The maximum absolute atomic E-state index is 13.4. The van der Waals surface area contributed by atoms with Crippen molar-refractivity contribution in [3.05, 3.63) is 28.5 Å². The second kappa shape index (κ2) is 5.98. The van der Waals surface area contributed by atoms with Crippen LogP contribution in [0.25, 0.3) is 0 Å². The zero-order valence-corrected chi connectivity index (χ0v) is 10.7. The summed E-state index contributed by atoms with van der Waals surface area (Å²) in [5, 5.41) is 0.368. The van der Waals surface area contributed by atoms with E-state index in [0.717, 1.165) is 0 Å². The number of nitrogens with zero attached hydrogens (tertiary/aromatic N) is 1. The molecule has 0 saturated carbocycles. The summed E-state index contributed by atoms with van der Waals surface area (Å²) < 4.78 is 13.4. The molecule has 0 saturated heterocycles. The average molecular weight is 259 g/mol. The maximum Gasteiger partial charge on any atom is 0.226 e. The van der Waals surface area contributed by atoms with Crippen LogP contribution in [0.5, 0.6) is 0 Å². The zero-order chi connectivity index (χ0) is 13.0. The van der Waals surface area contributed by atoms with Crippen LogP contribution in [0, 0.1) is 12.7 Å². The minimum atomic E-state index is -0.372. The standard InChI is InChI=1S/C12H16ClFN2O/c1-8-6-9(13)11(7-10(8)14)16(2)12(17)4-3-5-15/h6-7H,3-5,15H2,1-2H3. The molecule has 0 radical (unpaired) electrons. The maximum atomic E-state index is 13.4. The van der Waals surface area contributed by atoms with Crippen molar-refractivity contribution in [2.24, 2.45) is 5.73 Å². The van der Waals surface area contributed by atoms with E-state index in [4.69, 9.17) is 17.3 Å². The van der Waals surface area contributed by atoms with Gasteiger partial charge in [-0.3, -0.25) is 4.79 Å². The number of benzene rings is 1. The molecule has 0 spiro atoms. The van der Waals surface area contributed by atoms with Crippen molar-refractivity contribution >= 4 is 23.2 Å². The lowest BCUT2D eigenvalue weighted by atomic mass is 10.2. The number of anilines is 1. The molecule has 0 aliphatic carbocycles. The lowest BCUT2D eigenvalue weighted by Gasteiger charge is -2.19. The summed E-state index contributed by atoms with van der Waals surface area (Å²) in [5.74, 6) is -0.497. The predicted octanol–water partition coefficient (Wildman–Crippen LogP) is 2.49. The molecular weight excluding hydrogens is 243 g/mol. The van der Waals surface area contributed by atoms with E-state index in [1.54, 1.807) is 14.0 Å². The Morgan fingerprint density at radius 2 is 2.18 bits per heavy atom. The van der Waals surface area contributed by atoms with Gasteiger partial charge in [-0.25, -0.2) is 4.39 Å². The number of hydrogen-bond acceptors (Lipinski definition) is 2. The smallest absolute Gasteiger partial charge is 0.226 e. The Morgan fingerprint density at radius 1 is 1.53 bits per heavy atom. The van der Waals surface area contributed by atoms with Crippen LogP contribution < -0.4 is 10.6 Å². The summed E-state index contributed by atoms with van der Waals surface area (Å²) in [6.45, 7) is 2.08. The van der Waals surface area contributed by atoms with Crippen molar-refractivity contribution in [3.8, 4) is 0 Å². The number of carbonyl (C=O) groups is 1. The third-order valence-electron chi connectivity index (χ3n) is 2.56. The molecule has 0 aliphatic rings. The second-order valence-corrected chi connectivity index (χ2v) is 4.30. The van der Waals surface area contributed by atoms with E-state index in [-0.39, 0.29) is 11.7 Å². The molecule has 5 heteroatoms. The molecule has 3 nitrogen and oxygen atoms in total. The fourth-order valence-corrected chi connectivity index (χ4v) is 1.79. The van der Waals surface area contributed by atoms with E-state index >= 15 is 0 Å². The number of carbonyl (C=O) groups excluding carboxylic acids is 1. The average Bonchev–Trinajstić information content (AvgIpc) is 2.29. The van der Waals surface area contributed by atoms with Gasteiger partial charge in [0.15, 0.2) is 0 Å². The second-order valence-electron chi connectivity index (χ2n) is 3.90. The number of aryl methyl sites for hydroxylation is 1. The highest BCUT2D eigenvalue weighted by molar-refractivity contribution is 6.33. The quantitative estimate of drug-likeness (QED) is 0.902. The molecule has 0 bridgehead atoms. The van der Waals surface area contributed by atoms with Gasteiger partial charge in [0.25, 0.3) is 0 Å². The molecule has 94 valence electrons. The minimum absolute atomic E-state index is 0.124. The summed E-state index contributed by atoms with van der Waals surface area (Å²) in [6.07, 6.45) is 0.938. The van der Waals surface area contributed by atoms with Gasteiger partial charge < -0.3 is 10.6 Å². The fourth-order valence-electron chi connectivity index (χ4n) is 1.45. The fraction of sp³-hybridized carbons (Fsp3) is 0.417. The van der Waals surface area contributed by atoms with Gasteiger partial charge in [-0.15, -0.1) is 0 Å². The Morgan fingerprint density at radius 3 is 2.76 bits per heavy atom. The van der Waals surface area contributed by atoms with Gasteiger partial charge in [0.1, 0.15) is 5.82 Å². The van der Waals surface area contributed by atoms with Gasteiger partial charge in [0.05, 0.1) is 10.7 Å². The number of halogens is 2. The monoisotopic (exact) mass is 258 g/mol. The van der Waals surface area contributed by atoms with Crippen LogP contribution in [0.2, 0.25) is 5.02 Å². The lowest BCUT2D eigenvalue weighted by Crippen LogP contribution is -2.27. The Labute approximate surface area is 105 Å². The van der Waals surface area contributed by atoms with Crippen molar-refractivity contribution in [3.63, 3.8) is 0 Å². The Hall–Kier alpha value is -1.13. The summed E-state index contributed by atoms with van der Waals surface area (Å²) in [7, 11) is 1.58. The molecule has 0 fully saturated rings. The highest BCUT2D eigenvalue weighted by Gasteiger charge is 2.15. The van der Waals surface area contributed by atoms with Crippen molar-refractivity contribution in [1.29, 1.82) is 0 Å². The highest BCUT2D eigenvalue weighted by atomic mass is 35.5. The SMILES string of the molecule is Cc1cc(Cl)c(N(C)C(=O)CCCN)cc1F. The first kappa shape index (κ1) is 13.9. The Bertz CT molecular complexity index is 423. The van der Waals surface area contributed by atoms with Crippen LogP contribution in [0.3, 0.4) is 0 Å². The molecule has 0 aliphatic heterocycles. The van der Waals surface area contributed by atoms with E-state index in [2.05, 4.69) is 0 Å². The van der Waals surface area contributed by atoms with Crippen LogP contribution in [0.15, 0.2) is 12.1 Å². The molecule has 0 atom stereocenters. The zero-order valence-electron chi connectivity index (χ0n) is 9.96. The first-order valence-electron chi connectivity index (χ1n) is 5.39. The molecular formula is C12H16ClFN2O. The third kappa shape index (κ3) is 3.41. The molecule has 0 aromatic heterocycles. The largest absolute Gasteiger partial charge is 0.330 e. The van der Waals surface area contributed by atoms with E-state index in [0.29, 0.717) is 35.7 Å². The number of nitrogens with two attached hydrogens (primary N) is 1. The Balaban J connectivity index is 2.92. The van der Waals surface area contributed by atoms with Crippen LogP contribution >= 0.6 is 11.6 Å². The number of amides is 1. The number of hydrogen-bond donors (Lipinski definition) is 1. The van der Waals surface area contributed by atoms with Crippen molar-refractivity contribution in [1.82, 2.24) is 0 Å². The van der Waals surface area contributed by atoms with Gasteiger partial charge >= 0.3 is 0 Å². The van der Waals surface area contributed by atoms with E-state index < -0.39 is 0 Å². The molecule has 1 amide bonds. The van der Waals surface area contributed by atoms with Crippen molar-refractivity contribution in [2.75, 3.05) is 18.5 Å². The first-order valence-corrected chi connectivity index (χ1v) is 5.77. The molecule has 17 heavy (non-hydrogen) atoms. The van der Waals surface area contributed by atoms with Gasteiger partial charge in [0, 0.05) is 13.5 Å². The molecule has 1 rings (SSSR count). The predicted molar refractivity (Wildman–Crippen MR) is 67.8 cm³/mol. The third-order valence-corrected chi connectivity index (χ3v) is 2.86. The van der Waals surface area contributed by atoms with Crippen molar-refractivity contribution in [2.45, 2.75) is 19.8 Å². The minimum Gasteiger partial charge on any atom is -0.330 e. The molecule has 0 heterocycles. The Kier molecular flexibility index (Phi) is 4.90. The normalized spacial score (nSPS) is 10.4. The summed E-state index contributed by atoms with van der Waals surface area (Å²) in [4.78, 5) is 13.1. The van der Waals surface area contributed by atoms with Gasteiger partial charge in [-0.1, -0.05) is 11.6 Å². The van der Waals surface area contributed by atoms with Crippen LogP contribution in [-0.4, -0.2) is 19.5 Å². The van der Waals surface area contributed by atoms with Crippen LogP contribution in [0.1, 0.15) is 18.4 Å². The molecule has 0 unspecified atom stereocenters. The molecule has 2 N–H and O–H groups in total. The molecule has 1 aromatic carbocycles. The first-order chi connectivity index (χ1) is 7.97. The van der Waals surface area contributed by atoms with E-state index in [1.807, 2.05) is 0 Å². The summed E-state index contributed by atoms with van der Waals surface area (Å²) in [6, 6.07) is 2.79. The van der Waals surface area contributed by atoms with E-state index in [9.17, 15) is 9.18 Å². The van der Waals surface area contributed by atoms with E-state index in [1.165, 1.54) is 17.0 Å². The highest BCUT2D eigenvalue weighted by Crippen LogP contribution is 2.28. The summed E-state index contributed by atoms with van der Waals surface area (Å²) in [5.41, 5.74) is 6.18. The topological polar surface area (TPSA) is 46.3 Å². The number of rotatable bonds is 4. The van der Waals surface area contributed by atoms with Gasteiger partial charge in [-0.05, 0) is 37.6 Å². The van der Waals surface area contributed by atoms with Crippen molar-refractivity contribution < 1.29 is 9.18 Å². The van der Waals surface area contributed by atoms with Crippen LogP contribution in [0.4, 0.5) is 10.1 Å². The van der Waals surface area contributed by atoms with Gasteiger partial charge in [0.2, 0.25) is 5.91 Å². The summed E-state index contributed by atoms with van der Waals surface area (Å²) >= 11 is 5.99. The van der Waals surface area contributed by atoms with Crippen LogP contribution in [-0.2, 0) is 4.79 Å². The lowest BCUT2D eigenvalue weighted by molar-refractivity contribution is -0.118. The van der Waals surface area contributed by atoms with Gasteiger partial charge in [-0.2, -0.15) is 0 Å². The molecule has 1 aromatic rings.